The van der Waals surface area contributed by atoms with Crippen LogP contribution in [0.15, 0.2) is 0 Å². The Labute approximate surface area is 74.0 Å². The van der Waals surface area contributed by atoms with Crippen LogP contribution in [0.1, 0.15) is 27.2 Å². The van der Waals surface area contributed by atoms with Gasteiger partial charge in [0.05, 0.1) is 5.60 Å². The SMILES string of the molecule is COC(C)(C)CCOCC(C)=O. The number of ketones is 1. The van der Waals surface area contributed by atoms with Gasteiger partial charge in [-0.3, -0.25) is 4.79 Å². The van der Waals surface area contributed by atoms with Gasteiger partial charge in [-0.15, -0.1) is 0 Å². The fourth-order valence-electron chi connectivity index (χ4n) is 0.636. The summed E-state index contributed by atoms with van der Waals surface area (Å²) in [6.45, 7) is 6.27. The molecule has 0 aliphatic carbocycles. The molecule has 0 spiro atoms. The number of rotatable bonds is 6. The molecule has 3 heteroatoms. The number of carbonyl (C=O) groups excluding carboxylic acids is 1. The van der Waals surface area contributed by atoms with E-state index in [0.29, 0.717) is 6.61 Å². The molecular formula is C9H18O3. The van der Waals surface area contributed by atoms with E-state index in [1.165, 1.54) is 6.92 Å². The van der Waals surface area contributed by atoms with E-state index in [1.54, 1.807) is 7.11 Å². The molecular weight excluding hydrogens is 156 g/mol. The predicted octanol–water partition coefficient (Wildman–Crippen LogP) is 1.41. The molecule has 0 bridgehead atoms. The monoisotopic (exact) mass is 174 g/mol. The standard InChI is InChI=1S/C9H18O3/c1-8(10)7-12-6-5-9(2,3)11-4/h5-7H2,1-4H3. The van der Waals surface area contributed by atoms with Crippen LogP contribution < -0.4 is 0 Å². The lowest BCUT2D eigenvalue weighted by Gasteiger charge is -2.22. The quantitative estimate of drug-likeness (QED) is 0.571. The van der Waals surface area contributed by atoms with Crippen molar-refractivity contribution in [2.24, 2.45) is 0 Å². The van der Waals surface area contributed by atoms with Gasteiger partial charge < -0.3 is 9.47 Å². The van der Waals surface area contributed by atoms with Gasteiger partial charge in [-0.05, 0) is 27.2 Å². The van der Waals surface area contributed by atoms with Gasteiger partial charge in [0.25, 0.3) is 0 Å². The fourth-order valence-corrected chi connectivity index (χ4v) is 0.636. The van der Waals surface area contributed by atoms with Gasteiger partial charge >= 0.3 is 0 Å². The molecule has 0 radical (unpaired) electrons. The highest BCUT2D eigenvalue weighted by molar-refractivity contribution is 5.76. The molecule has 0 amide bonds. The lowest BCUT2D eigenvalue weighted by atomic mass is 10.1. The van der Waals surface area contributed by atoms with Crippen LogP contribution in [-0.4, -0.2) is 31.7 Å². The van der Waals surface area contributed by atoms with Gasteiger partial charge in [-0.25, -0.2) is 0 Å². The Hall–Kier alpha value is -0.410. The molecule has 0 saturated heterocycles. The summed E-state index contributed by atoms with van der Waals surface area (Å²) < 4.78 is 10.3. The zero-order valence-corrected chi connectivity index (χ0v) is 8.35. The summed E-state index contributed by atoms with van der Waals surface area (Å²) in [5, 5.41) is 0. The molecule has 0 fully saturated rings. The summed E-state index contributed by atoms with van der Waals surface area (Å²) in [5.74, 6) is 0.0604. The molecule has 0 aliphatic rings. The van der Waals surface area contributed by atoms with Gasteiger partial charge in [-0.2, -0.15) is 0 Å². The smallest absolute Gasteiger partial charge is 0.155 e. The van der Waals surface area contributed by atoms with E-state index < -0.39 is 0 Å². The first-order chi connectivity index (χ1) is 5.48. The van der Waals surface area contributed by atoms with E-state index in [1.807, 2.05) is 13.8 Å². The third kappa shape index (κ3) is 6.31. The van der Waals surface area contributed by atoms with Gasteiger partial charge in [0.2, 0.25) is 0 Å². The number of hydrogen-bond acceptors (Lipinski definition) is 3. The van der Waals surface area contributed by atoms with Gasteiger partial charge in [0, 0.05) is 13.7 Å². The summed E-state index contributed by atoms with van der Waals surface area (Å²) in [5.41, 5.74) is -0.156. The van der Waals surface area contributed by atoms with Crippen molar-refractivity contribution in [3.8, 4) is 0 Å². The number of methoxy groups -OCH3 is 1. The van der Waals surface area contributed by atoms with Crippen molar-refractivity contribution in [1.29, 1.82) is 0 Å². The molecule has 0 aromatic rings. The van der Waals surface area contributed by atoms with Crippen molar-refractivity contribution in [2.75, 3.05) is 20.3 Å². The van der Waals surface area contributed by atoms with E-state index >= 15 is 0 Å². The number of carbonyl (C=O) groups is 1. The maximum Gasteiger partial charge on any atom is 0.155 e. The van der Waals surface area contributed by atoms with Gasteiger partial charge in [0.15, 0.2) is 5.78 Å². The van der Waals surface area contributed by atoms with Crippen LogP contribution in [0.2, 0.25) is 0 Å². The summed E-state index contributed by atoms with van der Waals surface area (Å²) in [4.78, 5) is 10.5. The minimum Gasteiger partial charge on any atom is -0.379 e. The van der Waals surface area contributed by atoms with Crippen LogP contribution >= 0.6 is 0 Å². The van der Waals surface area contributed by atoms with Crippen LogP contribution in [0.3, 0.4) is 0 Å². The van der Waals surface area contributed by atoms with E-state index in [-0.39, 0.29) is 18.0 Å². The highest BCUT2D eigenvalue weighted by Crippen LogP contribution is 2.12. The van der Waals surface area contributed by atoms with Crippen LogP contribution in [0.4, 0.5) is 0 Å². The minimum atomic E-state index is -0.156. The van der Waals surface area contributed by atoms with Crippen LogP contribution in [0, 0.1) is 0 Å². The molecule has 72 valence electrons. The van der Waals surface area contributed by atoms with Crippen LogP contribution in [-0.2, 0) is 14.3 Å². The minimum absolute atomic E-state index is 0.0604. The lowest BCUT2D eigenvalue weighted by molar-refractivity contribution is -0.122. The van der Waals surface area contributed by atoms with Crippen LogP contribution in [0.5, 0.6) is 0 Å². The molecule has 0 N–H and O–H groups in total. The molecule has 3 nitrogen and oxygen atoms in total. The molecule has 0 aromatic carbocycles. The number of hydrogen-bond donors (Lipinski definition) is 0. The first-order valence-electron chi connectivity index (χ1n) is 4.10. The van der Waals surface area contributed by atoms with Crippen LogP contribution in [0.25, 0.3) is 0 Å². The topological polar surface area (TPSA) is 35.5 Å². The van der Waals surface area contributed by atoms with E-state index in [9.17, 15) is 4.79 Å². The van der Waals surface area contributed by atoms with Crippen molar-refractivity contribution >= 4 is 5.78 Å². The van der Waals surface area contributed by atoms with Gasteiger partial charge in [0.1, 0.15) is 6.61 Å². The first kappa shape index (κ1) is 11.6. The Morgan fingerprint density at radius 1 is 1.42 bits per heavy atom. The normalized spacial score (nSPS) is 11.7. The van der Waals surface area contributed by atoms with Gasteiger partial charge in [-0.1, -0.05) is 0 Å². The molecule has 0 aromatic heterocycles. The Balaban J connectivity index is 3.37. The third-order valence-corrected chi connectivity index (χ3v) is 1.71. The maximum absolute atomic E-state index is 10.5. The van der Waals surface area contributed by atoms with E-state index in [4.69, 9.17) is 9.47 Å². The Morgan fingerprint density at radius 3 is 2.42 bits per heavy atom. The predicted molar refractivity (Wildman–Crippen MR) is 47.2 cm³/mol. The summed E-state index contributed by atoms with van der Waals surface area (Å²) in [6.07, 6.45) is 0.802. The van der Waals surface area contributed by atoms with Crippen molar-refractivity contribution in [3.05, 3.63) is 0 Å². The molecule has 0 unspecified atom stereocenters. The summed E-state index contributed by atoms with van der Waals surface area (Å²) in [6, 6.07) is 0. The van der Waals surface area contributed by atoms with Crippen molar-refractivity contribution in [3.63, 3.8) is 0 Å². The second-order valence-corrected chi connectivity index (χ2v) is 3.47. The summed E-state index contributed by atoms with van der Waals surface area (Å²) in [7, 11) is 1.67. The molecule has 0 atom stereocenters. The second kappa shape index (κ2) is 5.27. The van der Waals surface area contributed by atoms with Crippen molar-refractivity contribution in [1.82, 2.24) is 0 Å². The van der Waals surface area contributed by atoms with Crippen molar-refractivity contribution in [2.45, 2.75) is 32.8 Å². The maximum atomic E-state index is 10.5. The Morgan fingerprint density at radius 2 is 2.00 bits per heavy atom. The molecule has 12 heavy (non-hydrogen) atoms. The number of Topliss-reactive ketones (excluding diaryl/α,β-unsaturated/α-hetero) is 1. The average molecular weight is 174 g/mol. The second-order valence-electron chi connectivity index (χ2n) is 3.47. The van der Waals surface area contributed by atoms with E-state index in [2.05, 4.69) is 0 Å². The third-order valence-electron chi connectivity index (χ3n) is 1.71. The Kier molecular flexibility index (Phi) is 5.09. The zero-order chi connectivity index (χ0) is 9.61. The molecule has 0 heterocycles. The fraction of sp³-hybridized carbons (Fsp3) is 0.889. The average Bonchev–Trinajstić information content (AvgIpc) is 1.98. The molecule has 0 rings (SSSR count). The first-order valence-corrected chi connectivity index (χ1v) is 4.10. The summed E-state index contributed by atoms with van der Waals surface area (Å²) >= 11 is 0. The lowest BCUT2D eigenvalue weighted by Crippen LogP contribution is -2.24. The molecule has 0 aliphatic heterocycles. The number of ether oxygens (including phenoxy) is 2. The zero-order valence-electron chi connectivity index (χ0n) is 8.35. The van der Waals surface area contributed by atoms with E-state index in [0.717, 1.165) is 6.42 Å². The highest BCUT2D eigenvalue weighted by atomic mass is 16.5. The highest BCUT2D eigenvalue weighted by Gasteiger charge is 2.15. The largest absolute Gasteiger partial charge is 0.379 e. The molecule has 0 saturated carbocycles. The van der Waals surface area contributed by atoms with Crippen molar-refractivity contribution < 1.29 is 14.3 Å². The Bertz CT molecular complexity index is 141.